The SMILES string of the molecule is CCCN1CCCN(C(=O)Nc2cccc(Oc3ccccc3)c2)CC1. The summed E-state index contributed by atoms with van der Waals surface area (Å²) in [5.74, 6) is 1.48. The summed E-state index contributed by atoms with van der Waals surface area (Å²) in [6, 6.07) is 17.1. The largest absolute Gasteiger partial charge is 0.457 e. The van der Waals surface area contributed by atoms with Gasteiger partial charge in [-0.05, 0) is 50.2 Å². The van der Waals surface area contributed by atoms with Gasteiger partial charge in [0.2, 0.25) is 0 Å². The molecule has 5 nitrogen and oxygen atoms in total. The first kappa shape index (κ1) is 18.3. The average molecular weight is 353 g/mol. The maximum Gasteiger partial charge on any atom is 0.321 e. The van der Waals surface area contributed by atoms with Crippen LogP contribution in [0.25, 0.3) is 0 Å². The highest BCUT2D eigenvalue weighted by Gasteiger charge is 2.18. The Bertz CT molecular complexity index is 705. The molecule has 26 heavy (non-hydrogen) atoms. The van der Waals surface area contributed by atoms with Crippen molar-refractivity contribution >= 4 is 11.7 Å². The Morgan fingerprint density at radius 2 is 1.81 bits per heavy atom. The van der Waals surface area contributed by atoms with Crippen molar-refractivity contribution in [3.05, 3.63) is 54.6 Å². The third-order valence-electron chi connectivity index (χ3n) is 4.48. The van der Waals surface area contributed by atoms with Gasteiger partial charge in [0.1, 0.15) is 11.5 Å². The van der Waals surface area contributed by atoms with E-state index in [1.54, 1.807) is 0 Å². The topological polar surface area (TPSA) is 44.8 Å². The summed E-state index contributed by atoms with van der Waals surface area (Å²) >= 11 is 0. The molecule has 0 saturated carbocycles. The Labute approximate surface area is 155 Å². The van der Waals surface area contributed by atoms with Gasteiger partial charge in [-0.2, -0.15) is 0 Å². The van der Waals surface area contributed by atoms with E-state index in [-0.39, 0.29) is 6.03 Å². The van der Waals surface area contributed by atoms with Crippen molar-refractivity contribution in [3.8, 4) is 11.5 Å². The van der Waals surface area contributed by atoms with E-state index in [4.69, 9.17) is 4.74 Å². The van der Waals surface area contributed by atoms with Crippen molar-refractivity contribution in [1.82, 2.24) is 9.80 Å². The Morgan fingerprint density at radius 3 is 2.62 bits per heavy atom. The minimum absolute atomic E-state index is 0.0415. The van der Waals surface area contributed by atoms with Crippen molar-refractivity contribution in [2.75, 3.05) is 38.0 Å². The smallest absolute Gasteiger partial charge is 0.321 e. The van der Waals surface area contributed by atoms with E-state index in [2.05, 4.69) is 17.1 Å². The summed E-state index contributed by atoms with van der Waals surface area (Å²) in [6.45, 7) is 6.88. The fourth-order valence-electron chi connectivity index (χ4n) is 3.18. The van der Waals surface area contributed by atoms with E-state index >= 15 is 0 Å². The highest BCUT2D eigenvalue weighted by molar-refractivity contribution is 5.89. The average Bonchev–Trinajstić information content (AvgIpc) is 2.89. The molecule has 1 aliphatic rings. The van der Waals surface area contributed by atoms with Gasteiger partial charge in [0.15, 0.2) is 0 Å². The molecule has 5 heteroatoms. The predicted octanol–water partition coefficient (Wildman–Crippen LogP) is 4.43. The molecule has 0 aliphatic carbocycles. The van der Waals surface area contributed by atoms with Crippen molar-refractivity contribution in [1.29, 1.82) is 0 Å². The molecule has 2 aromatic rings. The Balaban J connectivity index is 1.58. The molecule has 0 bridgehead atoms. The van der Waals surface area contributed by atoms with Crippen molar-refractivity contribution < 1.29 is 9.53 Å². The second kappa shape index (κ2) is 9.25. The van der Waals surface area contributed by atoms with Crippen LogP contribution in [0.1, 0.15) is 19.8 Å². The molecule has 0 atom stereocenters. The lowest BCUT2D eigenvalue weighted by Gasteiger charge is -2.22. The molecular formula is C21H27N3O2. The number of benzene rings is 2. The predicted molar refractivity (Wildman–Crippen MR) is 105 cm³/mol. The van der Waals surface area contributed by atoms with Gasteiger partial charge in [0.05, 0.1) is 0 Å². The first-order valence-electron chi connectivity index (χ1n) is 9.36. The summed E-state index contributed by atoms with van der Waals surface area (Å²) in [4.78, 5) is 16.9. The van der Waals surface area contributed by atoms with Crippen LogP contribution in [-0.2, 0) is 0 Å². The van der Waals surface area contributed by atoms with Crippen LogP contribution in [0.2, 0.25) is 0 Å². The van der Waals surface area contributed by atoms with Crippen LogP contribution in [0.3, 0.4) is 0 Å². The molecule has 0 radical (unpaired) electrons. The summed E-state index contributed by atoms with van der Waals surface area (Å²) in [6.07, 6.45) is 2.17. The summed E-state index contributed by atoms with van der Waals surface area (Å²) in [5, 5.41) is 3.00. The number of para-hydroxylation sites is 1. The van der Waals surface area contributed by atoms with Crippen LogP contribution in [-0.4, -0.2) is 48.6 Å². The van der Waals surface area contributed by atoms with Crippen molar-refractivity contribution in [2.24, 2.45) is 0 Å². The summed E-state index contributed by atoms with van der Waals surface area (Å²) in [5.41, 5.74) is 0.748. The van der Waals surface area contributed by atoms with Gasteiger partial charge in [0, 0.05) is 31.4 Å². The zero-order valence-electron chi connectivity index (χ0n) is 15.4. The summed E-state index contributed by atoms with van der Waals surface area (Å²) in [7, 11) is 0. The second-order valence-electron chi connectivity index (χ2n) is 6.56. The third-order valence-corrected chi connectivity index (χ3v) is 4.48. The van der Waals surface area contributed by atoms with Gasteiger partial charge in [-0.1, -0.05) is 31.2 Å². The monoisotopic (exact) mass is 353 g/mol. The van der Waals surface area contributed by atoms with Gasteiger partial charge in [-0.3, -0.25) is 0 Å². The number of carbonyl (C=O) groups is 1. The van der Waals surface area contributed by atoms with Gasteiger partial charge in [0.25, 0.3) is 0 Å². The quantitative estimate of drug-likeness (QED) is 0.865. The highest BCUT2D eigenvalue weighted by Crippen LogP contribution is 2.24. The maximum absolute atomic E-state index is 12.6. The molecule has 2 amide bonds. The Kier molecular flexibility index (Phi) is 6.50. The second-order valence-corrected chi connectivity index (χ2v) is 6.56. The molecule has 138 valence electrons. The molecule has 1 fully saturated rings. The molecule has 0 spiro atoms. The van der Waals surface area contributed by atoms with Crippen LogP contribution in [0.15, 0.2) is 54.6 Å². The Hall–Kier alpha value is -2.53. The van der Waals surface area contributed by atoms with E-state index < -0.39 is 0 Å². The number of anilines is 1. The fraction of sp³-hybridized carbons (Fsp3) is 0.381. The van der Waals surface area contributed by atoms with Crippen molar-refractivity contribution in [2.45, 2.75) is 19.8 Å². The fourth-order valence-corrected chi connectivity index (χ4v) is 3.18. The number of nitrogens with zero attached hydrogens (tertiary/aromatic N) is 2. The van der Waals surface area contributed by atoms with Gasteiger partial charge in [-0.25, -0.2) is 4.79 Å². The third kappa shape index (κ3) is 5.23. The molecule has 0 aromatic heterocycles. The number of rotatable bonds is 5. The Morgan fingerprint density at radius 1 is 1.00 bits per heavy atom. The van der Waals surface area contributed by atoms with Gasteiger partial charge >= 0.3 is 6.03 Å². The number of carbonyl (C=O) groups excluding carboxylic acids is 1. The van der Waals surface area contributed by atoms with E-state index in [1.165, 1.54) is 0 Å². The minimum atomic E-state index is -0.0415. The molecule has 0 unspecified atom stereocenters. The van der Waals surface area contributed by atoms with Crippen LogP contribution in [0.4, 0.5) is 10.5 Å². The van der Waals surface area contributed by atoms with Crippen LogP contribution in [0.5, 0.6) is 11.5 Å². The van der Waals surface area contributed by atoms with E-state index in [9.17, 15) is 4.79 Å². The molecule has 2 aromatic carbocycles. The molecule has 3 rings (SSSR count). The van der Waals surface area contributed by atoms with E-state index in [1.807, 2.05) is 59.5 Å². The molecule has 1 saturated heterocycles. The number of nitrogens with one attached hydrogen (secondary N) is 1. The first-order valence-corrected chi connectivity index (χ1v) is 9.36. The first-order chi connectivity index (χ1) is 12.7. The molecule has 1 aliphatic heterocycles. The van der Waals surface area contributed by atoms with Crippen LogP contribution >= 0.6 is 0 Å². The molecule has 1 heterocycles. The normalized spacial score (nSPS) is 15.3. The lowest BCUT2D eigenvalue weighted by molar-refractivity contribution is 0.211. The van der Waals surface area contributed by atoms with Crippen LogP contribution < -0.4 is 10.1 Å². The lowest BCUT2D eigenvalue weighted by atomic mass is 10.3. The van der Waals surface area contributed by atoms with E-state index in [0.717, 1.165) is 57.0 Å². The number of hydrogen-bond acceptors (Lipinski definition) is 3. The maximum atomic E-state index is 12.6. The summed E-state index contributed by atoms with van der Waals surface area (Å²) < 4.78 is 5.84. The standard InChI is InChI=1S/C21H27N3O2/c1-2-12-23-13-7-14-24(16-15-23)21(25)22-18-8-6-11-20(17-18)26-19-9-4-3-5-10-19/h3-6,8-11,17H,2,7,12-16H2,1H3,(H,22,25). The lowest BCUT2D eigenvalue weighted by Crippen LogP contribution is -2.38. The zero-order valence-corrected chi connectivity index (χ0v) is 15.4. The highest BCUT2D eigenvalue weighted by atomic mass is 16.5. The van der Waals surface area contributed by atoms with Gasteiger partial charge in [-0.15, -0.1) is 0 Å². The minimum Gasteiger partial charge on any atom is -0.457 e. The van der Waals surface area contributed by atoms with Gasteiger partial charge < -0.3 is 19.9 Å². The number of ether oxygens (including phenoxy) is 1. The molecule has 1 N–H and O–H groups in total. The molecular weight excluding hydrogens is 326 g/mol. The number of urea groups is 1. The van der Waals surface area contributed by atoms with Crippen LogP contribution in [0, 0.1) is 0 Å². The number of amides is 2. The van der Waals surface area contributed by atoms with E-state index in [0.29, 0.717) is 5.75 Å². The van der Waals surface area contributed by atoms with Crippen molar-refractivity contribution in [3.63, 3.8) is 0 Å². The number of hydrogen-bond donors (Lipinski definition) is 1. The zero-order chi connectivity index (χ0) is 18.2.